The fourth-order valence-corrected chi connectivity index (χ4v) is 1.27. The molecular formula is C7H9N5O3. The third kappa shape index (κ3) is 1.34. The number of H-pyrrole nitrogens is 1. The molecule has 2 rings (SSSR count). The normalized spacial score (nSPS) is 11.1. The van der Waals surface area contributed by atoms with Crippen molar-refractivity contribution in [1.29, 1.82) is 0 Å². The molecule has 0 aliphatic heterocycles. The molecule has 0 unspecified atom stereocenters. The Morgan fingerprint density at radius 3 is 2.87 bits per heavy atom. The van der Waals surface area contributed by atoms with Crippen LogP contribution in [0.5, 0.6) is 0 Å². The molecule has 2 aromatic heterocycles. The molecule has 0 amide bonds. The van der Waals surface area contributed by atoms with Gasteiger partial charge in [0.2, 0.25) is 0 Å². The minimum atomic E-state index is -0.533. The lowest BCUT2D eigenvalue weighted by atomic mass is 10.5. The van der Waals surface area contributed by atoms with Crippen LogP contribution < -0.4 is 11.2 Å². The van der Waals surface area contributed by atoms with Crippen molar-refractivity contribution in [2.24, 2.45) is 7.05 Å². The number of fused-ring (bicyclic) bond motifs is 1. The standard InChI is InChI=1S/C7H9N5O3/c1-11-6(14)4-5(8-7(11)15)12(2-3-13)10-9-4/h13H,2-3H2,1H3,(H,8,15). The van der Waals surface area contributed by atoms with Gasteiger partial charge in [-0.3, -0.25) is 14.3 Å². The molecular weight excluding hydrogens is 202 g/mol. The summed E-state index contributed by atoms with van der Waals surface area (Å²) in [6.07, 6.45) is 0. The number of nitrogens with zero attached hydrogens (tertiary/aromatic N) is 4. The first-order valence-corrected chi connectivity index (χ1v) is 4.28. The lowest BCUT2D eigenvalue weighted by Gasteiger charge is -1.98. The van der Waals surface area contributed by atoms with Gasteiger partial charge in [0.15, 0.2) is 11.2 Å². The van der Waals surface area contributed by atoms with E-state index >= 15 is 0 Å². The van der Waals surface area contributed by atoms with Crippen LogP contribution in [0, 0.1) is 0 Å². The van der Waals surface area contributed by atoms with Gasteiger partial charge in [-0.05, 0) is 0 Å². The Bertz CT molecular complexity index is 607. The van der Waals surface area contributed by atoms with Gasteiger partial charge in [-0.1, -0.05) is 5.21 Å². The van der Waals surface area contributed by atoms with Crippen molar-refractivity contribution in [2.75, 3.05) is 6.61 Å². The number of hydrogen-bond donors (Lipinski definition) is 2. The average molecular weight is 211 g/mol. The number of aromatic amines is 1. The topological polar surface area (TPSA) is 106 Å². The van der Waals surface area contributed by atoms with Crippen molar-refractivity contribution in [1.82, 2.24) is 24.5 Å². The molecule has 2 heterocycles. The van der Waals surface area contributed by atoms with Gasteiger partial charge in [-0.25, -0.2) is 9.48 Å². The van der Waals surface area contributed by atoms with Crippen molar-refractivity contribution in [2.45, 2.75) is 6.54 Å². The maximum Gasteiger partial charge on any atom is 0.329 e. The molecule has 80 valence electrons. The molecule has 8 heteroatoms. The predicted octanol–water partition coefficient (Wildman–Crippen LogP) is -2.19. The predicted molar refractivity (Wildman–Crippen MR) is 50.5 cm³/mol. The van der Waals surface area contributed by atoms with E-state index in [0.29, 0.717) is 0 Å². The molecule has 0 aliphatic rings. The van der Waals surface area contributed by atoms with Crippen LogP contribution in [0.2, 0.25) is 0 Å². The van der Waals surface area contributed by atoms with Gasteiger partial charge < -0.3 is 5.11 Å². The second kappa shape index (κ2) is 3.31. The minimum Gasteiger partial charge on any atom is -0.394 e. The Labute approximate surface area is 82.8 Å². The van der Waals surface area contributed by atoms with Crippen molar-refractivity contribution in [3.8, 4) is 0 Å². The van der Waals surface area contributed by atoms with Crippen LogP contribution in [0.25, 0.3) is 11.2 Å². The van der Waals surface area contributed by atoms with Gasteiger partial charge in [0.25, 0.3) is 5.56 Å². The first-order valence-electron chi connectivity index (χ1n) is 4.28. The van der Waals surface area contributed by atoms with Crippen LogP contribution in [-0.4, -0.2) is 36.3 Å². The molecule has 0 spiro atoms. The van der Waals surface area contributed by atoms with Gasteiger partial charge in [0, 0.05) is 7.05 Å². The van der Waals surface area contributed by atoms with E-state index in [9.17, 15) is 9.59 Å². The first kappa shape index (κ1) is 9.59. The van der Waals surface area contributed by atoms with Gasteiger partial charge in [-0.2, -0.15) is 0 Å². The lowest BCUT2D eigenvalue weighted by molar-refractivity contribution is 0.270. The number of aliphatic hydroxyl groups is 1. The molecule has 0 fully saturated rings. The molecule has 2 aromatic rings. The molecule has 15 heavy (non-hydrogen) atoms. The van der Waals surface area contributed by atoms with Crippen molar-refractivity contribution >= 4 is 11.2 Å². The summed E-state index contributed by atoms with van der Waals surface area (Å²) in [5.41, 5.74) is -0.713. The van der Waals surface area contributed by atoms with Crippen molar-refractivity contribution in [3.05, 3.63) is 20.8 Å². The Morgan fingerprint density at radius 2 is 2.20 bits per heavy atom. The summed E-state index contributed by atoms with van der Waals surface area (Å²) in [5, 5.41) is 16.0. The van der Waals surface area contributed by atoms with E-state index in [-0.39, 0.29) is 24.3 Å². The van der Waals surface area contributed by atoms with E-state index in [1.54, 1.807) is 0 Å². The van der Waals surface area contributed by atoms with Gasteiger partial charge in [0.05, 0.1) is 13.2 Å². The van der Waals surface area contributed by atoms with E-state index in [2.05, 4.69) is 15.3 Å². The number of rotatable bonds is 2. The monoisotopic (exact) mass is 211 g/mol. The van der Waals surface area contributed by atoms with Crippen LogP contribution >= 0.6 is 0 Å². The Hall–Kier alpha value is -1.96. The summed E-state index contributed by atoms with van der Waals surface area (Å²) >= 11 is 0. The molecule has 0 aromatic carbocycles. The highest BCUT2D eigenvalue weighted by Gasteiger charge is 2.11. The van der Waals surface area contributed by atoms with E-state index in [0.717, 1.165) is 4.57 Å². The van der Waals surface area contributed by atoms with Gasteiger partial charge >= 0.3 is 5.69 Å². The lowest BCUT2D eigenvalue weighted by Crippen LogP contribution is -2.32. The molecule has 0 radical (unpaired) electrons. The maximum absolute atomic E-state index is 11.5. The summed E-state index contributed by atoms with van der Waals surface area (Å²) in [4.78, 5) is 25.3. The highest BCUT2D eigenvalue weighted by molar-refractivity contribution is 5.67. The summed E-state index contributed by atoms with van der Waals surface area (Å²) in [6, 6.07) is 0. The molecule has 0 atom stereocenters. The molecule has 2 N–H and O–H groups in total. The minimum absolute atomic E-state index is 0.0885. The average Bonchev–Trinajstić information content (AvgIpc) is 2.59. The van der Waals surface area contributed by atoms with E-state index in [4.69, 9.17) is 5.11 Å². The van der Waals surface area contributed by atoms with Crippen LogP contribution in [0.4, 0.5) is 0 Å². The number of hydrogen-bond acceptors (Lipinski definition) is 5. The van der Waals surface area contributed by atoms with Crippen LogP contribution in [-0.2, 0) is 13.6 Å². The largest absolute Gasteiger partial charge is 0.394 e. The van der Waals surface area contributed by atoms with Crippen molar-refractivity contribution in [3.63, 3.8) is 0 Å². The Kier molecular flexibility index (Phi) is 2.12. The van der Waals surface area contributed by atoms with Crippen LogP contribution in [0.1, 0.15) is 0 Å². The summed E-state index contributed by atoms with van der Waals surface area (Å²) in [6.45, 7) is 0.0370. The molecule has 0 saturated carbocycles. The Balaban J connectivity index is 2.83. The van der Waals surface area contributed by atoms with E-state index in [1.165, 1.54) is 11.7 Å². The number of aliphatic hydroxyl groups excluding tert-OH is 1. The zero-order chi connectivity index (χ0) is 11.0. The highest BCUT2D eigenvalue weighted by atomic mass is 16.3. The smallest absolute Gasteiger partial charge is 0.329 e. The fraction of sp³-hybridized carbons (Fsp3) is 0.429. The van der Waals surface area contributed by atoms with Gasteiger partial charge in [-0.15, -0.1) is 5.10 Å². The molecule has 0 saturated heterocycles. The molecule has 8 nitrogen and oxygen atoms in total. The number of nitrogens with one attached hydrogen (secondary N) is 1. The summed E-state index contributed by atoms with van der Waals surface area (Å²) in [7, 11) is 1.35. The first-order chi connectivity index (χ1) is 7.15. The fourth-order valence-electron chi connectivity index (χ4n) is 1.27. The second-order valence-electron chi connectivity index (χ2n) is 3.03. The summed E-state index contributed by atoms with van der Waals surface area (Å²) in [5.74, 6) is 0. The van der Waals surface area contributed by atoms with E-state index < -0.39 is 11.2 Å². The molecule has 0 bridgehead atoms. The zero-order valence-electron chi connectivity index (χ0n) is 7.97. The third-order valence-electron chi connectivity index (χ3n) is 2.08. The van der Waals surface area contributed by atoms with Crippen LogP contribution in [0.3, 0.4) is 0 Å². The number of aromatic nitrogens is 5. The SMILES string of the molecule is Cn1c(=O)[nH]c2c(nnn2CCO)c1=O. The summed E-state index contributed by atoms with van der Waals surface area (Å²) < 4.78 is 2.19. The second-order valence-corrected chi connectivity index (χ2v) is 3.03. The van der Waals surface area contributed by atoms with Crippen LogP contribution in [0.15, 0.2) is 9.59 Å². The third-order valence-corrected chi connectivity index (χ3v) is 2.08. The maximum atomic E-state index is 11.5. The highest BCUT2D eigenvalue weighted by Crippen LogP contribution is 1.98. The molecule has 0 aliphatic carbocycles. The quantitative estimate of drug-likeness (QED) is 0.587. The Morgan fingerprint density at radius 1 is 1.47 bits per heavy atom. The van der Waals surface area contributed by atoms with Gasteiger partial charge in [0.1, 0.15) is 0 Å². The zero-order valence-corrected chi connectivity index (χ0v) is 7.97. The van der Waals surface area contributed by atoms with Crippen molar-refractivity contribution < 1.29 is 5.11 Å². The van der Waals surface area contributed by atoms with E-state index in [1.807, 2.05) is 0 Å².